The Morgan fingerprint density at radius 2 is 1.86 bits per heavy atom. The average molecular weight is 299 g/mol. The molecule has 1 N–H and O–H groups in total. The molecule has 1 aromatic rings. The molecule has 0 radical (unpaired) electrons. The maximum Gasteiger partial charge on any atom is 0.0964 e. The number of nitrogens with zero attached hydrogens (tertiary/aromatic N) is 3. The van der Waals surface area contributed by atoms with Crippen molar-refractivity contribution in [2.45, 2.75) is 19.3 Å². The van der Waals surface area contributed by atoms with Crippen LogP contribution in [0.2, 0.25) is 0 Å². The minimum Gasteiger partial charge on any atom is -0.347 e. The van der Waals surface area contributed by atoms with Crippen molar-refractivity contribution in [3.8, 4) is 0 Å². The monoisotopic (exact) mass is 299 g/mol. The smallest absolute Gasteiger partial charge is 0.0964 e. The van der Waals surface area contributed by atoms with E-state index in [1.54, 1.807) is 4.90 Å². The second-order valence-electron chi connectivity index (χ2n) is 6.93. The molecule has 1 aromatic carbocycles. The Kier molecular flexibility index (Phi) is 3.96. The van der Waals surface area contributed by atoms with Crippen molar-refractivity contribution in [2.24, 2.45) is 5.10 Å². The number of quaternary nitrogens is 1. The lowest BCUT2D eigenvalue weighted by Crippen LogP contribution is -3.11. The number of anilines is 1. The Balaban J connectivity index is 1.77. The van der Waals surface area contributed by atoms with E-state index in [-0.39, 0.29) is 5.41 Å². The van der Waals surface area contributed by atoms with Gasteiger partial charge in [-0.05, 0) is 17.7 Å². The largest absolute Gasteiger partial charge is 0.347 e. The lowest BCUT2D eigenvalue weighted by Gasteiger charge is -2.27. The third-order valence-corrected chi connectivity index (χ3v) is 5.00. The zero-order valence-corrected chi connectivity index (χ0v) is 14.1. The predicted octanol–water partition coefficient (Wildman–Crippen LogP) is 1.11. The summed E-state index contributed by atoms with van der Waals surface area (Å²) in [4.78, 5) is 3.88. The molecule has 118 valence electrons. The summed E-state index contributed by atoms with van der Waals surface area (Å²) in [6, 6.07) is 8.65. The number of allylic oxidation sites excluding steroid dienone is 2. The summed E-state index contributed by atoms with van der Waals surface area (Å²) < 4.78 is 0. The molecular formula is C18H27N4+. The van der Waals surface area contributed by atoms with Crippen molar-refractivity contribution in [3.63, 3.8) is 0 Å². The molecule has 0 atom stereocenters. The summed E-state index contributed by atoms with van der Waals surface area (Å²) in [6.07, 6.45) is 4.14. The van der Waals surface area contributed by atoms with Gasteiger partial charge in [-0.25, -0.2) is 0 Å². The van der Waals surface area contributed by atoms with Crippen LogP contribution in [-0.2, 0) is 5.41 Å². The molecule has 22 heavy (non-hydrogen) atoms. The number of likely N-dealkylation sites (N-methyl/N-ethyl adjacent to an activating group) is 2. The molecule has 4 heteroatoms. The number of hydrazone groups is 1. The maximum atomic E-state index is 4.64. The van der Waals surface area contributed by atoms with Crippen molar-refractivity contribution >= 4 is 11.9 Å². The second kappa shape index (κ2) is 5.76. The number of nitrogens with one attached hydrogen (secondary N) is 1. The van der Waals surface area contributed by atoms with E-state index in [9.17, 15) is 0 Å². The van der Waals surface area contributed by atoms with Crippen molar-refractivity contribution < 1.29 is 4.90 Å². The molecule has 1 fully saturated rings. The SMILES string of the molecule is CN1/C(=C\C=N/N2CC[NH+](C)CC2)C(C)(C)c2ccccc21. The zero-order chi connectivity index (χ0) is 15.7. The Morgan fingerprint density at radius 1 is 1.18 bits per heavy atom. The van der Waals surface area contributed by atoms with Gasteiger partial charge in [0.25, 0.3) is 0 Å². The van der Waals surface area contributed by atoms with Gasteiger partial charge in [0.05, 0.1) is 33.2 Å². The van der Waals surface area contributed by atoms with Crippen molar-refractivity contribution in [1.82, 2.24) is 5.01 Å². The Morgan fingerprint density at radius 3 is 2.55 bits per heavy atom. The number of hydrogen-bond acceptors (Lipinski definition) is 3. The summed E-state index contributed by atoms with van der Waals surface area (Å²) in [5, 5.41) is 6.82. The fourth-order valence-corrected chi connectivity index (χ4v) is 3.49. The molecule has 2 aliphatic heterocycles. The van der Waals surface area contributed by atoms with Gasteiger partial charge < -0.3 is 9.80 Å². The van der Waals surface area contributed by atoms with E-state index in [0.717, 1.165) is 13.1 Å². The molecule has 2 aliphatic rings. The number of benzene rings is 1. The van der Waals surface area contributed by atoms with Crippen molar-refractivity contribution in [3.05, 3.63) is 41.6 Å². The standard InChI is InChI=1S/C18H26N4/c1-18(2)15-7-5-6-8-16(15)21(4)17(18)9-10-19-22-13-11-20(3)12-14-22/h5-10H,11-14H2,1-4H3/p+1/b17-9-,19-10-. The number of hydrogen-bond donors (Lipinski definition) is 1. The van der Waals surface area contributed by atoms with Crippen LogP contribution in [0.1, 0.15) is 19.4 Å². The number of piperazine rings is 1. The normalized spacial score (nSPS) is 23.5. The number of fused-ring (bicyclic) bond motifs is 1. The highest BCUT2D eigenvalue weighted by molar-refractivity contribution is 5.79. The van der Waals surface area contributed by atoms with E-state index < -0.39 is 0 Å². The summed E-state index contributed by atoms with van der Waals surface area (Å²) in [7, 11) is 4.39. The highest BCUT2D eigenvalue weighted by Crippen LogP contribution is 2.46. The van der Waals surface area contributed by atoms with Crippen LogP contribution in [0.4, 0.5) is 5.69 Å². The molecule has 0 aromatic heterocycles. The van der Waals surface area contributed by atoms with Crippen LogP contribution < -0.4 is 9.80 Å². The van der Waals surface area contributed by atoms with Crippen LogP contribution in [-0.4, -0.2) is 51.5 Å². The van der Waals surface area contributed by atoms with Gasteiger partial charge in [0.1, 0.15) is 0 Å². The molecule has 2 heterocycles. The van der Waals surface area contributed by atoms with Crippen LogP contribution in [0, 0.1) is 0 Å². The summed E-state index contributed by atoms with van der Waals surface area (Å²) in [5.74, 6) is 0. The maximum absolute atomic E-state index is 4.64. The van der Waals surface area contributed by atoms with Crippen molar-refractivity contribution in [1.29, 1.82) is 0 Å². The molecule has 0 amide bonds. The highest BCUT2D eigenvalue weighted by atomic mass is 15.5. The molecule has 0 aliphatic carbocycles. The van der Waals surface area contributed by atoms with E-state index in [1.165, 1.54) is 30.0 Å². The van der Waals surface area contributed by atoms with Gasteiger partial charge in [0.15, 0.2) is 0 Å². The quantitative estimate of drug-likeness (QED) is 0.827. The third kappa shape index (κ3) is 2.63. The van der Waals surface area contributed by atoms with Gasteiger partial charge in [0, 0.05) is 30.1 Å². The first-order chi connectivity index (χ1) is 10.5. The highest BCUT2D eigenvalue weighted by Gasteiger charge is 2.37. The van der Waals surface area contributed by atoms with Crippen LogP contribution in [0.3, 0.4) is 0 Å². The van der Waals surface area contributed by atoms with Gasteiger partial charge >= 0.3 is 0 Å². The van der Waals surface area contributed by atoms with Crippen LogP contribution in [0.5, 0.6) is 0 Å². The molecule has 0 unspecified atom stereocenters. The summed E-state index contributed by atoms with van der Waals surface area (Å²) in [5.41, 5.74) is 4.02. The van der Waals surface area contributed by atoms with E-state index in [0.29, 0.717) is 0 Å². The summed E-state index contributed by atoms with van der Waals surface area (Å²) >= 11 is 0. The molecule has 3 rings (SSSR count). The van der Waals surface area contributed by atoms with E-state index in [1.807, 2.05) is 6.21 Å². The Bertz CT molecular complexity index is 595. The second-order valence-corrected chi connectivity index (χ2v) is 6.93. The van der Waals surface area contributed by atoms with E-state index in [2.05, 4.69) is 73.3 Å². The summed E-state index contributed by atoms with van der Waals surface area (Å²) in [6.45, 7) is 9.01. The topological polar surface area (TPSA) is 23.3 Å². The molecule has 1 saturated heterocycles. The van der Waals surface area contributed by atoms with Crippen molar-refractivity contribution in [2.75, 3.05) is 45.2 Å². The van der Waals surface area contributed by atoms with Crippen LogP contribution >= 0.6 is 0 Å². The molecular weight excluding hydrogens is 272 g/mol. The van der Waals surface area contributed by atoms with Crippen LogP contribution in [0.15, 0.2) is 41.1 Å². The fraction of sp³-hybridized carbons (Fsp3) is 0.500. The first kappa shape index (κ1) is 15.1. The molecule has 0 bridgehead atoms. The molecule has 4 nitrogen and oxygen atoms in total. The zero-order valence-electron chi connectivity index (χ0n) is 14.1. The fourth-order valence-electron chi connectivity index (χ4n) is 3.49. The average Bonchev–Trinajstić information content (AvgIpc) is 2.70. The molecule has 0 spiro atoms. The molecule has 0 saturated carbocycles. The van der Waals surface area contributed by atoms with Crippen LogP contribution in [0.25, 0.3) is 0 Å². The predicted molar refractivity (Wildman–Crippen MR) is 92.6 cm³/mol. The van der Waals surface area contributed by atoms with E-state index in [4.69, 9.17) is 0 Å². The van der Waals surface area contributed by atoms with Gasteiger partial charge in [-0.1, -0.05) is 32.0 Å². The third-order valence-electron chi connectivity index (χ3n) is 5.00. The minimum atomic E-state index is 0.0314. The van der Waals surface area contributed by atoms with E-state index >= 15 is 0 Å². The lowest BCUT2D eigenvalue weighted by atomic mass is 9.84. The Hall–Kier alpha value is -1.81. The minimum absolute atomic E-state index is 0.0314. The van der Waals surface area contributed by atoms with Gasteiger partial charge in [-0.15, -0.1) is 0 Å². The number of para-hydroxylation sites is 1. The van der Waals surface area contributed by atoms with Gasteiger partial charge in [-0.2, -0.15) is 5.10 Å². The first-order valence-corrected chi connectivity index (χ1v) is 8.14. The lowest BCUT2D eigenvalue weighted by molar-refractivity contribution is -0.884. The van der Waals surface area contributed by atoms with Gasteiger partial charge in [0.2, 0.25) is 0 Å². The van der Waals surface area contributed by atoms with Gasteiger partial charge in [-0.3, -0.25) is 5.01 Å². The Labute approximate surface area is 133 Å². The number of rotatable bonds is 2. The first-order valence-electron chi connectivity index (χ1n) is 8.14.